The smallest absolute Gasteiger partial charge is 0.260 e. The fraction of sp³-hybridized carbons (Fsp3) is 0.407. The lowest BCUT2D eigenvalue weighted by atomic mass is 10.0. The van der Waals surface area contributed by atoms with Gasteiger partial charge in [0.25, 0.3) is 23.6 Å². The Morgan fingerprint density at radius 2 is 1.12 bits per heavy atom. The van der Waals surface area contributed by atoms with Crippen LogP contribution in [0, 0.1) is 6.92 Å². The lowest BCUT2D eigenvalue weighted by Gasteiger charge is -2.27. The molecule has 4 amide bonds. The van der Waals surface area contributed by atoms with E-state index in [9.17, 15) is 19.2 Å². The van der Waals surface area contributed by atoms with Crippen molar-refractivity contribution in [2.75, 3.05) is 69.3 Å². The summed E-state index contributed by atoms with van der Waals surface area (Å²) in [5, 5.41) is 0. The maximum absolute atomic E-state index is 14.7. The first-order chi connectivity index (χ1) is 34.4. The molecule has 380 valence electrons. The maximum Gasteiger partial charge on any atom is 0.260 e. The first-order valence-corrected chi connectivity index (χ1v) is 32.0. The van der Waals surface area contributed by atoms with Crippen molar-refractivity contribution in [3.05, 3.63) is 107 Å². The van der Waals surface area contributed by atoms with Crippen molar-refractivity contribution in [3.63, 3.8) is 0 Å². The van der Waals surface area contributed by atoms with E-state index in [4.69, 9.17) is 38.9 Å². The van der Waals surface area contributed by atoms with Crippen LogP contribution < -0.4 is 39.2 Å². The van der Waals surface area contributed by atoms with Crippen molar-refractivity contribution in [3.8, 4) is 28.7 Å². The largest absolute Gasteiger partial charge is 0.493 e. The van der Waals surface area contributed by atoms with Crippen LogP contribution >= 0.6 is 0 Å². The number of hydrogen-bond donors (Lipinski definition) is 1. The molecule has 5 heterocycles. The van der Waals surface area contributed by atoms with Crippen LogP contribution in [0.5, 0.6) is 28.7 Å². The van der Waals surface area contributed by atoms with Crippen LogP contribution in [0.4, 0.5) is 17.1 Å². The van der Waals surface area contributed by atoms with E-state index in [1.807, 2.05) is 49.4 Å². The summed E-state index contributed by atoms with van der Waals surface area (Å²) < 4.78 is 42.1. The normalized spacial score (nSPS) is 18.3. The number of nitrogen functional groups attached to an aromatic ring is 1. The second-order valence-electron chi connectivity index (χ2n) is 21.3. The van der Waals surface area contributed by atoms with Gasteiger partial charge in [0.05, 0.1) is 42.8 Å². The molecule has 4 aromatic carbocycles. The number of hydrogen-bond acceptors (Lipinski definition) is 12. The van der Waals surface area contributed by atoms with E-state index in [-0.39, 0.29) is 62.7 Å². The number of aryl methyl sites for hydroxylation is 1. The zero-order chi connectivity index (χ0) is 51.1. The van der Waals surface area contributed by atoms with Gasteiger partial charge in [0.15, 0.2) is 23.0 Å². The summed E-state index contributed by atoms with van der Waals surface area (Å²) in [4.78, 5) is 64.3. The summed E-state index contributed by atoms with van der Waals surface area (Å²) in [7, 11) is -1.37. The first kappa shape index (κ1) is 50.3. The summed E-state index contributed by atoms with van der Waals surface area (Å²) in [5.74, 6) is 1.31. The lowest BCUT2D eigenvalue weighted by Crippen LogP contribution is -2.45. The predicted octanol–water partition coefficient (Wildman–Crippen LogP) is 8.99. The summed E-state index contributed by atoms with van der Waals surface area (Å²) in [5.41, 5.74) is 12.2. The Bertz CT molecular complexity index is 2840. The molecule has 72 heavy (non-hydrogen) atoms. The van der Waals surface area contributed by atoms with Gasteiger partial charge in [-0.05, 0) is 83.2 Å². The Labute approximate surface area is 423 Å². The highest BCUT2D eigenvalue weighted by Crippen LogP contribution is 2.44. The van der Waals surface area contributed by atoms with Gasteiger partial charge >= 0.3 is 0 Å². The molecule has 4 aromatic rings. The van der Waals surface area contributed by atoms with Crippen LogP contribution in [0.25, 0.3) is 11.1 Å². The van der Waals surface area contributed by atoms with Crippen LogP contribution in [0.3, 0.4) is 0 Å². The SMILES string of the molecule is COc1cc2c(cc1OCCCOc1cc3c(cc1C)C(=O)N1C=C(c4ccc(N)cc4)C[C@H]1C(=O)N3COCC[Si](C)(C)C)N(COCC[Si](C)(C)C)C(=O)[C@@H]1CC(c3ccc4c(c3)OCO4)=CN1C2=O. The second kappa shape index (κ2) is 20.5. The minimum Gasteiger partial charge on any atom is -0.493 e. The molecule has 0 saturated carbocycles. The molecule has 0 bridgehead atoms. The number of carbonyl (C=O) groups is 4. The summed E-state index contributed by atoms with van der Waals surface area (Å²) in [6, 6.07) is 20.2. The first-order valence-electron chi connectivity index (χ1n) is 24.6. The molecule has 2 N–H and O–H groups in total. The van der Waals surface area contributed by atoms with Crippen LogP contribution in [0.2, 0.25) is 51.4 Å². The topological polar surface area (TPSA) is 172 Å². The number of methoxy groups -OCH3 is 1. The third-order valence-corrected chi connectivity index (χ3v) is 16.9. The monoisotopic (exact) mass is 1020 g/mol. The van der Waals surface area contributed by atoms with E-state index in [2.05, 4.69) is 39.3 Å². The molecule has 0 spiro atoms. The number of anilines is 3. The highest BCUT2D eigenvalue weighted by molar-refractivity contribution is 6.76. The average molecular weight is 1020 g/mol. The number of nitrogens with zero attached hydrogens (tertiary/aromatic N) is 4. The predicted molar refractivity (Wildman–Crippen MR) is 281 cm³/mol. The highest BCUT2D eigenvalue weighted by atomic mass is 28.3. The minimum absolute atomic E-state index is 0.0130. The second-order valence-corrected chi connectivity index (χ2v) is 32.5. The van der Waals surface area contributed by atoms with Crippen LogP contribution in [-0.2, 0) is 19.1 Å². The number of ether oxygens (including phenoxy) is 7. The molecule has 18 heteroatoms. The zero-order valence-corrected chi connectivity index (χ0v) is 44.5. The fourth-order valence-corrected chi connectivity index (χ4v) is 10.8. The zero-order valence-electron chi connectivity index (χ0n) is 42.5. The quantitative estimate of drug-likeness (QED) is 0.0538. The van der Waals surface area contributed by atoms with Gasteiger partial charge < -0.3 is 48.7 Å². The Morgan fingerprint density at radius 3 is 1.69 bits per heavy atom. The van der Waals surface area contributed by atoms with Crippen molar-refractivity contribution in [2.24, 2.45) is 0 Å². The van der Waals surface area contributed by atoms with Crippen molar-refractivity contribution < 1.29 is 52.3 Å². The molecule has 5 aliphatic rings. The summed E-state index contributed by atoms with van der Waals surface area (Å²) in [6.45, 7) is 17.0. The molecule has 5 aliphatic heterocycles. The number of nitrogens with two attached hydrogens (primary N) is 1. The molecular formula is C54H65N5O11Si2. The molecule has 0 aliphatic carbocycles. The van der Waals surface area contributed by atoms with Gasteiger partial charge in [-0.15, -0.1) is 0 Å². The maximum atomic E-state index is 14.7. The summed E-state index contributed by atoms with van der Waals surface area (Å²) in [6.07, 6.45) is 4.61. The molecular weight excluding hydrogens is 951 g/mol. The van der Waals surface area contributed by atoms with Gasteiger partial charge in [0.2, 0.25) is 6.79 Å². The molecule has 0 unspecified atom stereocenters. The van der Waals surface area contributed by atoms with Crippen molar-refractivity contribution in [2.45, 2.75) is 89.6 Å². The van der Waals surface area contributed by atoms with Crippen molar-refractivity contribution >= 4 is 68.0 Å². The number of fused-ring (bicyclic) bond motifs is 5. The van der Waals surface area contributed by atoms with Crippen molar-refractivity contribution in [1.82, 2.24) is 9.80 Å². The third kappa shape index (κ3) is 10.6. The molecule has 0 radical (unpaired) electrons. The standard InChI is InChI=1S/C54H65N5O11Si2/c1-34-22-40-42(58(31-65-18-20-71(3,4)5)53(62)44-23-37(29-56(44)51(40)60)35-10-13-39(55)14-11-35)27-47(34)67-16-9-17-68-50-28-43-41(26-48(50)64-2)52(61)57-30-38(36-12-15-46-49(25-36)70-33-69-46)24-45(57)54(63)59(43)32-66-19-21-72(6,7)8/h10-15,22,25-30,44-45H,9,16-21,23-24,31-33,55H2,1-8H3/t44-,45-/m0/s1. The molecule has 2 atom stereocenters. The van der Waals surface area contributed by atoms with Crippen LogP contribution in [-0.4, -0.2) is 115 Å². The Balaban J connectivity index is 0.926. The van der Waals surface area contributed by atoms with Gasteiger partial charge in [0.1, 0.15) is 31.3 Å². The van der Waals surface area contributed by atoms with E-state index in [0.717, 1.165) is 39.9 Å². The van der Waals surface area contributed by atoms with E-state index >= 15 is 0 Å². The molecule has 16 nitrogen and oxygen atoms in total. The molecule has 9 rings (SSSR count). The highest BCUT2D eigenvalue weighted by Gasteiger charge is 2.45. The van der Waals surface area contributed by atoms with E-state index in [0.29, 0.717) is 83.8 Å². The molecule has 0 aromatic heterocycles. The van der Waals surface area contributed by atoms with Gasteiger partial charge in [-0.1, -0.05) is 57.5 Å². The number of benzene rings is 4. The van der Waals surface area contributed by atoms with Crippen molar-refractivity contribution in [1.29, 1.82) is 0 Å². The van der Waals surface area contributed by atoms with Gasteiger partial charge in [-0.2, -0.15) is 0 Å². The number of rotatable bonds is 19. The number of carbonyl (C=O) groups excluding carboxylic acids is 4. The fourth-order valence-electron chi connectivity index (χ4n) is 9.30. The minimum atomic E-state index is -1.45. The van der Waals surface area contributed by atoms with Gasteiger partial charge in [-0.3, -0.25) is 29.0 Å². The van der Waals surface area contributed by atoms with E-state index in [1.54, 1.807) is 51.4 Å². The van der Waals surface area contributed by atoms with Gasteiger partial charge in [0, 0.05) is 78.8 Å². The number of amides is 4. The Morgan fingerprint density at radius 1 is 0.611 bits per heavy atom. The molecule has 0 fully saturated rings. The Kier molecular flexibility index (Phi) is 14.3. The average Bonchev–Trinajstić information content (AvgIpc) is 4.11. The molecule has 0 saturated heterocycles. The van der Waals surface area contributed by atoms with Crippen LogP contribution in [0.1, 0.15) is 56.7 Å². The van der Waals surface area contributed by atoms with Crippen LogP contribution in [0.15, 0.2) is 79.1 Å². The van der Waals surface area contributed by atoms with E-state index in [1.165, 1.54) is 12.0 Å². The summed E-state index contributed by atoms with van der Waals surface area (Å²) >= 11 is 0. The van der Waals surface area contributed by atoms with E-state index < -0.39 is 28.2 Å². The third-order valence-electron chi connectivity index (χ3n) is 13.5. The lowest BCUT2D eigenvalue weighted by molar-refractivity contribution is -0.123. The Hall–Kier alpha value is -6.61. The van der Waals surface area contributed by atoms with Gasteiger partial charge in [-0.25, -0.2) is 0 Å².